The summed E-state index contributed by atoms with van der Waals surface area (Å²) in [7, 11) is 0. The molecule has 27 heavy (non-hydrogen) atoms. The fraction of sp³-hybridized carbons (Fsp3) is 0.667. The van der Waals surface area contributed by atoms with Gasteiger partial charge in [-0.1, -0.05) is 37.1 Å². The van der Waals surface area contributed by atoms with E-state index in [9.17, 15) is 4.79 Å². The van der Waals surface area contributed by atoms with E-state index in [2.05, 4.69) is 39.8 Å². The van der Waals surface area contributed by atoms with Crippen molar-refractivity contribution in [2.75, 3.05) is 19.6 Å². The molecule has 3 aliphatic rings. The second-order valence-corrected chi connectivity index (χ2v) is 8.05. The van der Waals surface area contributed by atoms with Crippen LogP contribution in [0.3, 0.4) is 0 Å². The van der Waals surface area contributed by atoms with Gasteiger partial charge in [-0.05, 0) is 49.1 Å². The van der Waals surface area contributed by atoms with Gasteiger partial charge in [-0.15, -0.1) is 24.8 Å². The molecule has 1 saturated carbocycles. The first-order chi connectivity index (χ1) is 12.3. The molecule has 0 spiro atoms. The first kappa shape index (κ1) is 22.5. The van der Waals surface area contributed by atoms with Crippen LogP contribution in [0.15, 0.2) is 24.3 Å². The van der Waals surface area contributed by atoms with E-state index in [1.807, 2.05) is 0 Å². The van der Waals surface area contributed by atoms with Gasteiger partial charge in [0.25, 0.3) is 0 Å². The largest absolute Gasteiger partial charge is 0.355 e. The van der Waals surface area contributed by atoms with Crippen molar-refractivity contribution in [3.05, 3.63) is 35.4 Å². The van der Waals surface area contributed by atoms with E-state index in [1.165, 1.54) is 36.8 Å². The van der Waals surface area contributed by atoms with Gasteiger partial charge in [-0.25, -0.2) is 0 Å². The number of hydrogen-bond acceptors (Lipinski definition) is 3. The van der Waals surface area contributed by atoms with Crippen LogP contribution in [0.25, 0.3) is 0 Å². The normalized spacial score (nSPS) is 26.9. The Morgan fingerprint density at radius 3 is 2.74 bits per heavy atom. The Morgan fingerprint density at radius 1 is 1.15 bits per heavy atom. The topological polar surface area (TPSA) is 44.4 Å². The Labute approximate surface area is 175 Å². The molecule has 0 aromatic heterocycles. The van der Waals surface area contributed by atoms with Crippen LogP contribution in [-0.4, -0.2) is 42.5 Å². The highest BCUT2D eigenvalue weighted by molar-refractivity contribution is 5.85. The molecule has 2 fully saturated rings. The van der Waals surface area contributed by atoms with Crippen molar-refractivity contribution in [1.29, 1.82) is 0 Å². The lowest BCUT2D eigenvalue weighted by Gasteiger charge is -2.28. The van der Waals surface area contributed by atoms with Gasteiger partial charge in [-0.3, -0.25) is 9.69 Å². The number of nitrogens with one attached hydrogen (secondary N) is 2. The van der Waals surface area contributed by atoms with E-state index in [1.54, 1.807) is 0 Å². The summed E-state index contributed by atoms with van der Waals surface area (Å²) in [5.41, 5.74) is 2.97. The molecule has 1 amide bonds. The number of benzene rings is 1. The number of fused-ring (bicyclic) bond motifs is 2. The molecule has 0 bridgehead atoms. The number of halogens is 2. The number of rotatable bonds is 5. The van der Waals surface area contributed by atoms with E-state index in [4.69, 9.17) is 0 Å². The molecule has 3 atom stereocenters. The second-order valence-electron chi connectivity index (χ2n) is 8.05. The lowest BCUT2D eigenvalue weighted by Crippen LogP contribution is -2.43. The third kappa shape index (κ3) is 5.60. The lowest BCUT2D eigenvalue weighted by molar-refractivity contribution is -0.122. The fourth-order valence-electron chi connectivity index (χ4n) is 4.90. The molecule has 1 aromatic rings. The maximum absolute atomic E-state index is 12.4. The van der Waals surface area contributed by atoms with E-state index >= 15 is 0 Å². The van der Waals surface area contributed by atoms with Crippen LogP contribution >= 0.6 is 24.8 Å². The van der Waals surface area contributed by atoms with Gasteiger partial charge in [0.2, 0.25) is 5.91 Å². The Bertz CT molecular complexity index is 599. The Morgan fingerprint density at radius 2 is 1.93 bits per heavy atom. The maximum atomic E-state index is 12.4. The van der Waals surface area contributed by atoms with Crippen molar-refractivity contribution in [2.45, 2.75) is 63.6 Å². The maximum Gasteiger partial charge on any atom is 0.237 e. The quantitative estimate of drug-likeness (QED) is 0.727. The molecule has 152 valence electrons. The number of nitrogens with zero attached hydrogens (tertiary/aromatic N) is 1. The zero-order valence-corrected chi connectivity index (χ0v) is 17.6. The molecule has 3 unspecified atom stereocenters. The molecular formula is C21H33Cl2N3O. The van der Waals surface area contributed by atoms with Gasteiger partial charge in [0.1, 0.15) is 0 Å². The van der Waals surface area contributed by atoms with Crippen LogP contribution in [0.1, 0.15) is 49.7 Å². The summed E-state index contributed by atoms with van der Waals surface area (Å²) in [5, 5.41) is 6.74. The number of carbonyl (C=O) groups is 1. The minimum atomic E-state index is 0. The molecule has 6 heteroatoms. The summed E-state index contributed by atoms with van der Waals surface area (Å²) in [6, 6.07) is 9.41. The van der Waals surface area contributed by atoms with Crippen LogP contribution in [-0.2, 0) is 17.8 Å². The van der Waals surface area contributed by atoms with Gasteiger partial charge in [-0.2, -0.15) is 0 Å². The van der Waals surface area contributed by atoms with Crippen molar-refractivity contribution < 1.29 is 4.79 Å². The van der Waals surface area contributed by atoms with E-state index in [0.717, 1.165) is 51.4 Å². The van der Waals surface area contributed by atoms with Crippen LogP contribution in [0.4, 0.5) is 0 Å². The van der Waals surface area contributed by atoms with Gasteiger partial charge < -0.3 is 10.6 Å². The molecular weight excluding hydrogens is 381 g/mol. The number of hydrogen-bond donors (Lipinski definition) is 2. The molecule has 4 nitrogen and oxygen atoms in total. The van der Waals surface area contributed by atoms with Crippen molar-refractivity contribution in [3.8, 4) is 0 Å². The first-order valence-corrected chi connectivity index (χ1v) is 10.1. The van der Waals surface area contributed by atoms with E-state index < -0.39 is 0 Å². The van der Waals surface area contributed by atoms with Crippen LogP contribution in [0, 0.1) is 5.92 Å². The van der Waals surface area contributed by atoms with E-state index in [-0.39, 0.29) is 36.8 Å². The monoisotopic (exact) mass is 413 g/mol. The standard InChI is InChI=1S/C21H31N3O.2ClH/c25-21(20-14-17-7-3-4-9-19(17)23-20)22-11-5-12-24-13-10-16-6-1-2-8-18(16)15-24;;/h1-2,6,8,17,19-20,23H,3-5,7,9-15H2,(H,22,25);2*1H. The zero-order chi connectivity index (χ0) is 17.1. The van der Waals surface area contributed by atoms with Gasteiger partial charge >= 0.3 is 0 Å². The number of amides is 1. The Kier molecular flexibility index (Phi) is 8.87. The zero-order valence-electron chi connectivity index (χ0n) is 16.0. The minimum Gasteiger partial charge on any atom is -0.355 e. The van der Waals surface area contributed by atoms with Crippen molar-refractivity contribution in [1.82, 2.24) is 15.5 Å². The van der Waals surface area contributed by atoms with E-state index in [0.29, 0.717) is 6.04 Å². The summed E-state index contributed by atoms with van der Waals surface area (Å²) in [4.78, 5) is 14.9. The summed E-state index contributed by atoms with van der Waals surface area (Å²) in [6.07, 6.45) is 8.45. The highest BCUT2D eigenvalue weighted by Gasteiger charge is 2.37. The molecule has 4 rings (SSSR count). The number of carbonyl (C=O) groups excluding carboxylic acids is 1. The molecule has 1 aromatic carbocycles. The average molecular weight is 414 g/mol. The third-order valence-corrected chi connectivity index (χ3v) is 6.34. The van der Waals surface area contributed by atoms with Crippen LogP contribution in [0.2, 0.25) is 0 Å². The summed E-state index contributed by atoms with van der Waals surface area (Å²) < 4.78 is 0. The van der Waals surface area contributed by atoms with Crippen LogP contribution < -0.4 is 10.6 Å². The highest BCUT2D eigenvalue weighted by Crippen LogP contribution is 2.33. The third-order valence-electron chi connectivity index (χ3n) is 6.34. The average Bonchev–Trinajstić information content (AvgIpc) is 3.09. The molecule has 0 radical (unpaired) electrons. The molecule has 2 aliphatic heterocycles. The predicted octanol–water partition coefficient (Wildman–Crippen LogP) is 3.32. The molecule has 1 aliphatic carbocycles. The summed E-state index contributed by atoms with van der Waals surface area (Å²) in [6.45, 7) is 4.05. The first-order valence-electron chi connectivity index (χ1n) is 10.1. The summed E-state index contributed by atoms with van der Waals surface area (Å²) >= 11 is 0. The summed E-state index contributed by atoms with van der Waals surface area (Å²) in [5.74, 6) is 0.955. The highest BCUT2D eigenvalue weighted by atomic mass is 35.5. The Balaban J connectivity index is 0.00000131. The minimum absolute atomic E-state index is 0. The van der Waals surface area contributed by atoms with Gasteiger partial charge in [0, 0.05) is 32.2 Å². The Hall–Kier alpha value is -0.810. The lowest BCUT2D eigenvalue weighted by atomic mass is 9.85. The smallest absolute Gasteiger partial charge is 0.237 e. The van der Waals surface area contributed by atoms with Gasteiger partial charge in [0.05, 0.1) is 6.04 Å². The van der Waals surface area contributed by atoms with Gasteiger partial charge in [0.15, 0.2) is 0 Å². The molecule has 2 N–H and O–H groups in total. The van der Waals surface area contributed by atoms with Crippen molar-refractivity contribution in [2.24, 2.45) is 5.92 Å². The molecule has 1 saturated heterocycles. The van der Waals surface area contributed by atoms with Crippen LogP contribution in [0.5, 0.6) is 0 Å². The SMILES string of the molecule is Cl.Cl.O=C(NCCCN1CCc2ccccc2C1)C1CC2CCCCC2N1. The van der Waals surface area contributed by atoms with Crippen molar-refractivity contribution >= 4 is 30.7 Å². The van der Waals surface area contributed by atoms with Crippen molar-refractivity contribution in [3.63, 3.8) is 0 Å². The molecule has 2 heterocycles. The fourth-order valence-corrected chi connectivity index (χ4v) is 4.90. The second kappa shape index (κ2) is 10.7. The predicted molar refractivity (Wildman–Crippen MR) is 115 cm³/mol.